The van der Waals surface area contributed by atoms with Crippen LogP contribution in [-0.4, -0.2) is 57.9 Å². The Labute approximate surface area is 171 Å². The minimum absolute atomic E-state index is 0.0132. The number of piperidine rings is 1. The second kappa shape index (κ2) is 8.02. The summed E-state index contributed by atoms with van der Waals surface area (Å²) in [4.78, 5) is 15.0. The van der Waals surface area contributed by atoms with Gasteiger partial charge in [0.15, 0.2) is 5.60 Å². The maximum atomic E-state index is 13.1. The fourth-order valence-corrected chi connectivity index (χ4v) is 4.12. The van der Waals surface area contributed by atoms with E-state index in [9.17, 15) is 4.79 Å². The number of hydrogen-bond acceptors (Lipinski definition) is 6. The van der Waals surface area contributed by atoms with Crippen LogP contribution in [0.5, 0.6) is 11.5 Å². The van der Waals surface area contributed by atoms with Crippen molar-refractivity contribution < 1.29 is 14.3 Å². The standard InChI is InChI=1S/C21H29N5O3/c1-21(2,29-17-6-4-16(28-3)5-7-17)20(27)25-11-8-15(9-12-25)19-24-23-18-14-22-10-13-26(18)19/h4-7,15,22H,8-14H2,1-3H3. The van der Waals surface area contributed by atoms with E-state index in [-0.39, 0.29) is 5.91 Å². The number of ether oxygens (including phenoxy) is 2. The van der Waals surface area contributed by atoms with Crippen LogP contribution in [0.25, 0.3) is 0 Å². The first-order chi connectivity index (χ1) is 14.0. The lowest BCUT2D eigenvalue weighted by Gasteiger charge is -2.37. The van der Waals surface area contributed by atoms with Crippen molar-refractivity contribution >= 4 is 5.91 Å². The third-order valence-electron chi connectivity index (χ3n) is 5.75. The van der Waals surface area contributed by atoms with E-state index in [1.807, 2.05) is 43.0 Å². The molecule has 8 heteroatoms. The molecule has 0 bridgehead atoms. The van der Waals surface area contributed by atoms with E-state index in [4.69, 9.17) is 9.47 Å². The molecule has 0 saturated carbocycles. The van der Waals surface area contributed by atoms with Crippen LogP contribution >= 0.6 is 0 Å². The van der Waals surface area contributed by atoms with Gasteiger partial charge >= 0.3 is 0 Å². The topological polar surface area (TPSA) is 81.5 Å². The van der Waals surface area contributed by atoms with E-state index in [0.717, 1.165) is 49.9 Å². The quantitative estimate of drug-likeness (QED) is 0.828. The molecular weight excluding hydrogens is 370 g/mol. The minimum atomic E-state index is -0.929. The van der Waals surface area contributed by atoms with E-state index in [1.165, 1.54) is 0 Å². The Morgan fingerprint density at radius 1 is 1.10 bits per heavy atom. The molecule has 1 saturated heterocycles. The molecular formula is C21H29N5O3. The Morgan fingerprint density at radius 3 is 2.48 bits per heavy atom. The number of methoxy groups -OCH3 is 1. The number of likely N-dealkylation sites (tertiary alicyclic amines) is 1. The third-order valence-corrected chi connectivity index (χ3v) is 5.75. The summed E-state index contributed by atoms with van der Waals surface area (Å²) >= 11 is 0. The Morgan fingerprint density at radius 2 is 1.79 bits per heavy atom. The maximum absolute atomic E-state index is 13.1. The molecule has 1 amide bonds. The second-order valence-corrected chi connectivity index (χ2v) is 8.16. The molecule has 8 nitrogen and oxygen atoms in total. The zero-order chi connectivity index (χ0) is 20.4. The van der Waals surface area contributed by atoms with Crippen LogP contribution in [0.4, 0.5) is 0 Å². The molecule has 0 atom stereocenters. The molecule has 0 radical (unpaired) electrons. The molecule has 1 aromatic heterocycles. The first-order valence-corrected chi connectivity index (χ1v) is 10.2. The lowest BCUT2D eigenvalue weighted by molar-refractivity contribution is -0.146. The number of rotatable bonds is 5. The van der Waals surface area contributed by atoms with Gasteiger partial charge in [-0.2, -0.15) is 0 Å². The number of carbonyl (C=O) groups is 1. The molecule has 156 valence electrons. The van der Waals surface area contributed by atoms with Crippen molar-refractivity contribution in [3.05, 3.63) is 35.9 Å². The monoisotopic (exact) mass is 399 g/mol. The van der Waals surface area contributed by atoms with Gasteiger partial charge in [-0.25, -0.2) is 0 Å². The van der Waals surface area contributed by atoms with E-state index in [0.29, 0.717) is 24.8 Å². The maximum Gasteiger partial charge on any atom is 0.266 e. The molecule has 0 spiro atoms. The van der Waals surface area contributed by atoms with Gasteiger partial charge in [0, 0.05) is 32.1 Å². The predicted molar refractivity (Wildman–Crippen MR) is 108 cm³/mol. The number of amides is 1. The van der Waals surface area contributed by atoms with Crippen molar-refractivity contribution in [2.75, 3.05) is 26.7 Å². The van der Waals surface area contributed by atoms with Crippen LogP contribution in [-0.2, 0) is 17.9 Å². The zero-order valence-corrected chi connectivity index (χ0v) is 17.4. The lowest BCUT2D eigenvalue weighted by atomic mass is 9.94. The molecule has 1 fully saturated rings. The first-order valence-electron chi connectivity index (χ1n) is 10.2. The van der Waals surface area contributed by atoms with E-state index in [1.54, 1.807) is 7.11 Å². The van der Waals surface area contributed by atoms with Crippen LogP contribution < -0.4 is 14.8 Å². The molecule has 1 aromatic carbocycles. The van der Waals surface area contributed by atoms with Crippen LogP contribution in [0.2, 0.25) is 0 Å². The Balaban J connectivity index is 1.37. The van der Waals surface area contributed by atoms with Crippen LogP contribution in [0.15, 0.2) is 24.3 Å². The highest BCUT2D eigenvalue weighted by atomic mass is 16.5. The number of aromatic nitrogens is 3. The average molecular weight is 399 g/mol. The number of nitrogens with one attached hydrogen (secondary N) is 1. The van der Waals surface area contributed by atoms with Gasteiger partial charge in [0.25, 0.3) is 5.91 Å². The Kier molecular flexibility index (Phi) is 5.45. The van der Waals surface area contributed by atoms with Crippen molar-refractivity contribution in [2.45, 2.75) is 51.3 Å². The lowest BCUT2D eigenvalue weighted by Crippen LogP contribution is -2.51. The van der Waals surface area contributed by atoms with Crippen LogP contribution in [0, 0.1) is 0 Å². The predicted octanol–water partition coefficient (Wildman–Crippen LogP) is 1.95. The fourth-order valence-electron chi connectivity index (χ4n) is 4.12. The SMILES string of the molecule is COc1ccc(OC(C)(C)C(=O)N2CCC(c3nnc4n3CCNC4)CC2)cc1. The van der Waals surface area contributed by atoms with Crippen molar-refractivity contribution in [3.8, 4) is 11.5 Å². The Hall–Kier alpha value is -2.61. The van der Waals surface area contributed by atoms with E-state index >= 15 is 0 Å². The molecule has 3 heterocycles. The molecule has 1 N–H and O–H groups in total. The fraction of sp³-hybridized carbons (Fsp3) is 0.571. The number of carbonyl (C=O) groups excluding carboxylic acids is 1. The number of nitrogens with zero attached hydrogens (tertiary/aromatic N) is 4. The summed E-state index contributed by atoms with van der Waals surface area (Å²) in [5, 5.41) is 12.1. The highest BCUT2D eigenvalue weighted by Crippen LogP contribution is 2.30. The summed E-state index contributed by atoms with van der Waals surface area (Å²) in [7, 11) is 1.62. The van der Waals surface area contributed by atoms with Crippen molar-refractivity contribution in [2.24, 2.45) is 0 Å². The van der Waals surface area contributed by atoms with Crippen molar-refractivity contribution in [1.82, 2.24) is 25.0 Å². The largest absolute Gasteiger partial charge is 0.497 e. The Bertz CT molecular complexity index is 854. The second-order valence-electron chi connectivity index (χ2n) is 8.16. The normalized spacial score (nSPS) is 17.7. The summed E-state index contributed by atoms with van der Waals surface area (Å²) in [6.45, 7) is 7.72. The van der Waals surface area contributed by atoms with Gasteiger partial charge in [-0.3, -0.25) is 4.79 Å². The molecule has 2 aliphatic rings. The van der Waals surface area contributed by atoms with Gasteiger partial charge in [0.05, 0.1) is 13.7 Å². The van der Waals surface area contributed by atoms with Crippen molar-refractivity contribution in [3.63, 3.8) is 0 Å². The van der Waals surface area contributed by atoms with Gasteiger partial charge in [-0.05, 0) is 51.0 Å². The highest BCUT2D eigenvalue weighted by molar-refractivity contribution is 5.85. The smallest absolute Gasteiger partial charge is 0.266 e. The van der Waals surface area contributed by atoms with E-state index < -0.39 is 5.60 Å². The molecule has 29 heavy (non-hydrogen) atoms. The van der Waals surface area contributed by atoms with E-state index in [2.05, 4.69) is 20.1 Å². The average Bonchev–Trinajstić information content (AvgIpc) is 3.18. The molecule has 2 aromatic rings. The van der Waals surface area contributed by atoms with Crippen LogP contribution in [0.3, 0.4) is 0 Å². The third kappa shape index (κ3) is 4.07. The molecule has 0 unspecified atom stereocenters. The summed E-state index contributed by atoms with van der Waals surface area (Å²) in [6, 6.07) is 7.30. The molecule has 4 rings (SSSR count). The zero-order valence-electron chi connectivity index (χ0n) is 17.4. The molecule has 0 aliphatic carbocycles. The van der Waals surface area contributed by atoms with Gasteiger partial charge in [0.1, 0.15) is 23.1 Å². The minimum Gasteiger partial charge on any atom is -0.497 e. The highest BCUT2D eigenvalue weighted by Gasteiger charge is 2.37. The molecule has 2 aliphatic heterocycles. The van der Waals surface area contributed by atoms with Gasteiger partial charge in [-0.1, -0.05) is 0 Å². The van der Waals surface area contributed by atoms with Crippen LogP contribution in [0.1, 0.15) is 44.3 Å². The van der Waals surface area contributed by atoms with Gasteiger partial charge in [-0.15, -0.1) is 10.2 Å². The summed E-state index contributed by atoms with van der Waals surface area (Å²) in [5.74, 6) is 3.86. The summed E-state index contributed by atoms with van der Waals surface area (Å²) < 4.78 is 13.4. The number of fused-ring (bicyclic) bond motifs is 1. The van der Waals surface area contributed by atoms with Gasteiger partial charge in [0.2, 0.25) is 0 Å². The number of benzene rings is 1. The number of hydrogen-bond donors (Lipinski definition) is 1. The van der Waals surface area contributed by atoms with Gasteiger partial charge < -0.3 is 24.3 Å². The van der Waals surface area contributed by atoms with Crippen molar-refractivity contribution in [1.29, 1.82) is 0 Å². The summed E-state index contributed by atoms with van der Waals surface area (Å²) in [6.07, 6.45) is 1.80. The first kappa shape index (κ1) is 19.7. The summed E-state index contributed by atoms with van der Waals surface area (Å²) in [5.41, 5.74) is -0.929.